The summed E-state index contributed by atoms with van der Waals surface area (Å²) in [4.78, 5) is 0. The predicted molar refractivity (Wildman–Crippen MR) is 54.9 cm³/mol. The molecule has 0 atom stereocenters. The van der Waals surface area contributed by atoms with Crippen molar-refractivity contribution < 1.29 is 9.67 Å². The summed E-state index contributed by atoms with van der Waals surface area (Å²) in [5.74, 6) is 1.18. The molecule has 1 aliphatic carbocycles. The highest BCUT2D eigenvalue weighted by Gasteiger charge is 2.17. The second-order valence-electron chi connectivity index (χ2n) is 4.26. The molecule has 76 valence electrons. The molecule has 2 nitrogen and oxygen atoms in total. The first-order valence-electron chi connectivity index (χ1n) is 5.52. The first-order valence-corrected chi connectivity index (χ1v) is 5.52. The van der Waals surface area contributed by atoms with E-state index in [1.807, 2.05) is 18.5 Å². The minimum absolute atomic E-state index is 0.364. The van der Waals surface area contributed by atoms with E-state index >= 15 is 0 Å². The number of pyridine rings is 1. The van der Waals surface area contributed by atoms with Crippen LogP contribution in [0.15, 0.2) is 24.5 Å². The van der Waals surface area contributed by atoms with Gasteiger partial charge in [0.05, 0.1) is 0 Å². The first kappa shape index (κ1) is 9.50. The minimum Gasteiger partial charge on any atom is -0.503 e. The van der Waals surface area contributed by atoms with Crippen molar-refractivity contribution in [3.8, 4) is 5.75 Å². The molecular formula is C12H18NO+. The highest BCUT2D eigenvalue weighted by atomic mass is 16.3. The zero-order chi connectivity index (χ0) is 9.80. The highest BCUT2D eigenvalue weighted by Crippen LogP contribution is 2.23. The molecule has 0 unspecified atom stereocenters. The van der Waals surface area contributed by atoms with Crippen LogP contribution in [0, 0.1) is 5.92 Å². The maximum Gasteiger partial charge on any atom is 0.210 e. The van der Waals surface area contributed by atoms with Gasteiger partial charge in [0.2, 0.25) is 6.20 Å². The van der Waals surface area contributed by atoms with Crippen molar-refractivity contribution in [3.05, 3.63) is 24.5 Å². The molecule has 2 rings (SSSR count). The van der Waals surface area contributed by atoms with Crippen LogP contribution in [0.2, 0.25) is 0 Å². The van der Waals surface area contributed by atoms with Crippen molar-refractivity contribution in [3.63, 3.8) is 0 Å². The van der Waals surface area contributed by atoms with Gasteiger partial charge in [-0.1, -0.05) is 19.3 Å². The second-order valence-corrected chi connectivity index (χ2v) is 4.26. The molecule has 1 aromatic rings. The van der Waals surface area contributed by atoms with Crippen molar-refractivity contribution >= 4 is 0 Å². The van der Waals surface area contributed by atoms with Crippen LogP contribution in [0.1, 0.15) is 32.1 Å². The third-order valence-electron chi connectivity index (χ3n) is 3.04. The van der Waals surface area contributed by atoms with Crippen molar-refractivity contribution in [2.24, 2.45) is 5.92 Å². The first-order chi connectivity index (χ1) is 6.84. The Hall–Kier alpha value is -1.05. The average Bonchev–Trinajstić information content (AvgIpc) is 2.19. The van der Waals surface area contributed by atoms with Crippen LogP contribution in [0.25, 0.3) is 0 Å². The summed E-state index contributed by atoms with van der Waals surface area (Å²) in [6.07, 6.45) is 10.7. The largest absolute Gasteiger partial charge is 0.503 e. The van der Waals surface area contributed by atoms with Gasteiger partial charge in [0, 0.05) is 12.0 Å². The number of rotatable bonds is 2. The fourth-order valence-corrected chi connectivity index (χ4v) is 2.29. The van der Waals surface area contributed by atoms with Gasteiger partial charge in [-0.05, 0) is 18.9 Å². The fourth-order valence-electron chi connectivity index (χ4n) is 2.29. The van der Waals surface area contributed by atoms with Crippen LogP contribution in [-0.4, -0.2) is 5.11 Å². The standard InChI is InChI=1S/C12H17NO/c14-12-7-4-8-13(10-12)9-11-5-2-1-3-6-11/h4,7-8,10-11H,1-3,5-6,9H2/p+1. The molecule has 0 aromatic carbocycles. The van der Waals surface area contributed by atoms with Gasteiger partial charge in [-0.3, -0.25) is 0 Å². The lowest BCUT2D eigenvalue weighted by Crippen LogP contribution is -2.37. The third-order valence-corrected chi connectivity index (χ3v) is 3.04. The Morgan fingerprint density at radius 2 is 2.07 bits per heavy atom. The SMILES string of the molecule is Oc1ccc[n+](CC2CCCCC2)c1. The van der Waals surface area contributed by atoms with E-state index in [-0.39, 0.29) is 0 Å². The molecule has 0 aliphatic heterocycles. The highest BCUT2D eigenvalue weighted by molar-refractivity contribution is 5.09. The van der Waals surface area contributed by atoms with Gasteiger partial charge >= 0.3 is 0 Å². The third kappa shape index (κ3) is 2.47. The van der Waals surface area contributed by atoms with Crippen molar-refractivity contribution in [2.45, 2.75) is 38.6 Å². The molecule has 0 saturated heterocycles. The van der Waals surface area contributed by atoms with Crippen LogP contribution in [0.3, 0.4) is 0 Å². The zero-order valence-electron chi connectivity index (χ0n) is 8.52. The Labute approximate surface area is 85.2 Å². The molecule has 1 aromatic heterocycles. The zero-order valence-corrected chi connectivity index (χ0v) is 8.52. The van der Waals surface area contributed by atoms with E-state index in [9.17, 15) is 5.11 Å². The monoisotopic (exact) mass is 192 g/mol. The van der Waals surface area contributed by atoms with Crippen LogP contribution in [0.5, 0.6) is 5.75 Å². The summed E-state index contributed by atoms with van der Waals surface area (Å²) < 4.78 is 2.10. The van der Waals surface area contributed by atoms with Crippen LogP contribution < -0.4 is 4.57 Å². The van der Waals surface area contributed by atoms with Gasteiger partial charge in [0.1, 0.15) is 0 Å². The lowest BCUT2D eigenvalue weighted by Gasteiger charge is -2.18. The van der Waals surface area contributed by atoms with Gasteiger partial charge < -0.3 is 5.11 Å². The molecule has 0 bridgehead atoms. The minimum atomic E-state index is 0.364. The predicted octanol–water partition coefficient (Wildman–Crippen LogP) is 2.26. The lowest BCUT2D eigenvalue weighted by molar-refractivity contribution is -0.704. The average molecular weight is 192 g/mol. The Bertz CT molecular complexity index is 292. The Morgan fingerprint density at radius 3 is 2.79 bits per heavy atom. The van der Waals surface area contributed by atoms with Gasteiger partial charge in [0.25, 0.3) is 0 Å². The summed E-state index contributed by atoms with van der Waals surface area (Å²) >= 11 is 0. The fraction of sp³-hybridized carbons (Fsp3) is 0.583. The summed E-state index contributed by atoms with van der Waals surface area (Å²) in [5.41, 5.74) is 0. The summed E-state index contributed by atoms with van der Waals surface area (Å²) in [6.45, 7) is 1.06. The van der Waals surface area contributed by atoms with Gasteiger partial charge in [-0.2, -0.15) is 0 Å². The molecule has 14 heavy (non-hydrogen) atoms. The number of aromatic nitrogens is 1. The van der Waals surface area contributed by atoms with E-state index in [2.05, 4.69) is 4.57 Å². The molecule has 2 heteroatoms. The van der Waals surface area contributed by atoms with Gasteiger partial charge in [-0.25, -0.2) is 4.57 Å². The Kier molecular flexibility index (Phi) is 3.02. The molecule has 0 spiro atoms. The molecule has 1 N–H and O–H groups in total. The normalized spacial score (nSPS) is 18.3. The molecule has 1 aliphatic rings. The van der Waals surface area contributed by atoms with Crippen LogP contribution >= 0.6 is 0 Å². The summed E-state index contributed by atoms with van der Waals surface area (Å²) in [7, 11) is 0. The van der Waals surface area contributed by atoms with E-state index in [1.54, 1.807) is 6.07 Å². The van der Waals surface area contributed by atoms with Crippen LogP contribution in [-0.2, 0) is 6.54 Å². The van der Waals surface area contributed by atoms with Crippen LogP contribution in [0.4, 0.5) is 0 Å². The van der Waals surface area contributed by atoms with Gasteiger partial charge in [0.15, 0.2) is 18.5 Å². The molecule has 1 fully saturated rings. The summed E-state index contributed by atoms with van der Waals surface area (Å²) in [5, 5.41) is 9.32. The molecule has 1 heterocycles. The maximum absolute atomic E-state index is 9.32. The van der Waals surface area contributed by atoms with Crippen molar-refractivity contribution in [2.75, 3.05) is 0 Å². The van der Waals surface area contributed by atoms with E-state index in [0.717, 1.165) is 12.5 Å². The van der Waals surface area contributed by atoms with E-state index in [0.29, 0.717) is 5.75 Å². The Morgan fingerprint density at radius 1 is 1.29 bits per heavy atom. The van der Waals surface area contributed by atoms with Crippen molar-refractivity contribution in [1.82, 2.24) is 0 Å². The summed E-state index contributed by atoms with van der Waals surface area (Å²) in [6, 6.07) is 3.62. The number of hydrogen-bond donors (Lipinski definition) is 1. The second kappa shape index (κ2) is 4.45. The van der Waals surface area contributed by atoms with E-state index < -0.39 is 0 Å². The van der Waals surface area contributed by atoms with Gasteiger partial charge in [-0.15, -0.1) is 0 Å². The number of hydrogen-bond acceptors (Lipinski definition) is 1. The molecule has 0 radical (unpaired) electrons. The quantitative estimate of drug-likeness (QED) is 0.714. The number of aromatic hydroxyl groups is 1. The smallest absolute Gasteiger partial charge is 0.210 e. The topological polar surface area (TPSA) is 24.1 Å². The van der Waals surface area contributed by atoms with Crippen molar-refractivity contribution in [1.29, 1.82) is 0 Å². The maximum atomic E-state index is 9.32. The van der Waals surface area contributed by atoms with E-state index in [1.165, 1.54) is 32.1 Å². The lowest BCUT2D eigenvalue weighted by atomic mass is 9.89. The molecule has 0 amide bonds. The van der Waals surface area contributed by atoms with E-state index in [4.69, 9.17) is 0 Å². The molecule has 1 saturated carbocycles. The molecular weight excluding hydrogens is 174 g/mol. The number of nitrogens with zero attached hydrogens (tertiary/aromatic N) is 1. The Balaban J connectivity index is 1.95.